The first-order valence-corrected chi connectivity index (χ1v) is 7.86. The topological polar surface area (TPSA) is 81.0 Å². The largest absolute Gasteiger partial charge is 0.331 e. The molecule has 0 fully saturated rings. The molecule has 0 saturated carbocycles. The highest BCUT2D eigenvalue weighted by atomic mass is 16.2. The number of anilines is 1. The average molecular weight is 337 g/mol. The Morgan fingerprint density at radius 2 is 2.04 bits per heavy atom. The lowest BCUT2D eigenvalue weighted by atomic mass is 10.1. The highest BCUT2D eigenvalue weighted by molar-refractivity contribution is 5.89. The SMILES string of the molecule is C[C@H](NC(=O)Nc1cccn(C)c1=O)c1cccc(-n2ccnc2)c1. The van der Waals surface area contributed by atoms with Crippen molar-refractivity contribution >= 4 is 11.7 Å². The van der Waals surface area contributed by atoms with Gasteiger partial charge in [-0.3, -0.25) is 4.79 Å². The Kier molecular flexibility index (Phi) is 4.65. The number of hydrogen-bond donors (Lipinski definition) is 2. The van der Waals surface area contributed by atoms with Crippen LogP contribution < -0.4 is 16.2 Å². The zero-order chi connectivity index (χ0) is 17.8. The van der Waals surface area contributed by atoms with Crippen molar-refractivity contribution in [3.63, 3.8) is 0 Å². The van der Waals surface area contributed by atoms with Crippen LogP contribution in [0.4, 0.5) is 10.5 Å². The first-order valence-electron chi connectivity index (χ1n) is 7.86. The van der Waals surface area contributed by atoms with E-state index in [1.807, 2.05) is 42.0 Å². The molecule has 1 aromatic carbocycles. The van der Waals surface area contributed by atoms with Gasteiger partial charge < -0.3 is 19.8 Å². The van der Waals surface area contributed by atoms with Crippen LogP contribution in [0, 0.1) is 0 Å². The number of nitrogens with zero attached hydrogens (tertiary/aromatic N) is 3. The molecule has 0 aliphatic heterocycles. The summed E-state index contributed by atoms with van der Waals surface area (Å²) in [5.74, 6) is 0. The molecule has 2 N–H and O–H groups in total. The highest BCUT2D eigenvalue weighted by Crippen LogP contribution is 2.17. The van der Waals surface area contributed by atoms with Crippen molar-refractivity contribution in [3.05, 3.63) is 77.2 Å². The Labute approximate surface area is 144 Å². The number of aromatic nitrogens is 3. The average Bonchev–Trinajstić information content (AvgIpc) is 3.14. The fraction of sp³-hybridized carbons (Fsp3) is 0.167. The summed E-state index contributed by atoms with van der Waals surface area (Å²) in [7, 11) is 1.63. The maximum atomic E-state index is 12.2. The number of amides is 2. The summed E-state index contributed by atoms with van der Waals surface area (Å²) in [6, 6.07) is 10.4. The summed E-state index contributed by atoms with van der Waals surface area (Å²) in [5, 5.41) is 5.44. The third kappa shape index (κ3) is 3.77. The van der Waals surface area contributed by atoms with Gasteiger partial charge in [0, 0.05) is 31.3 Å². The molecule has 0 spiro atoms. The van der Waals surface area contributed by atoms with Crippen molar-refractivity contribution in [1.82, 2.24) is 19.4 Å². The minimum Gasteiger partial charge on any atom is -0.331 e. The maximum absolute atomic E-state index is 12.2. The van der Waals surface area contributed by atoms with Crippen molar-refractivity contribution < 1.29 is 4.79 Å². The molecule has 2 aromatic heterocycles. The monoisotopic (exact) mass is 337 g/mol. The van der Waals surface area contributed by atoms with Gasteiger partial charge in [-0.25, -0.2) is 9.78 Å². The Hall–Kier alpha value is -3.35. The van der Waals surface area contributed by atoms with Gasteiger partial charge in [0.1, 0.15) is 5.69 Å². The van der Waals surface area contributed by atoms with E-state index in [1.54, 1.807) is 37.9 Å². The minimum absolute atomic E-state index is 0.226. The Morgan fingerprint density at radius 1 is 1.20 bits per heavy atom. The molecule has 0 bridgehead atoms. The van der Waals surface area contributed by atoms with Gasteiger partial charge in [-0.1, -0.05) is 12.1 Å². The number of nitrogens with one attached hydrogen (secondary N) is 2. The minimum atomic E-state index is -0.427. The summed E-state index contributed by atoms with van der Waals surface area (Å²) in [4.78, 5) is 28.2. The fourth-order valence-corrected chi connectivity index (χ4v) is 2.50. The predicted molar refractivity (Wildman–Crippen MR) is 95.8 cm³/mol. The summed E-state index contributed by atoms with van der Waals surface area (Å²) in [6.45, 7) is 1.88. The molecule has 25 heavy (non-hydrogen) atoms. The van der Waals surface area contributed by atoms with Crippen LogP contribution in [-0.2, 0) is 7.05 Å². The van der Waals surface area contributed by atoms with E-state index in [0.29, 0.717) is 0 Å². The molecule has 0 saturated heterocycles. The number of carbonyl (C=O) groups excluding carboxylic acids is 1. The van der Waals surface area contributed by atoms with Gasteiger partial charge in [-0.15, -0.1) is 0 Å². The summed E-state index contributed by atoms with van der Waals surface area (Å²) in [6.07, 6.45) is 6.92. The summed E-state index contributed by atoms with van der Waals surface area (Å²) in [5.41, 5.74) is 1.89. The van der Waals surface area contributed by atoms with Crippen molar-refractivity contribution in [2.24, 2.45) is 7.05 Å². The van der Waals surface area contributed by atoms with Crippen LogP contribution in [0.5, 0.6) is 0 Å². The zero-order valence-corrected chi connectivity index (χ0v) is 14.0. The molecule has 2 amide bonds. The van der Waals surface area contributed by atoms with E-state index in [1.165, 1.54) is 4.57 Å². The normalized spacial score (nSPS) is 11.8. The summed E-state index contributed by atoms with van der Waals surface area (Å²) >= 11 is 0. The molecule has 0 aliphatic carbocycles. The number of aryl methyl sites for hydroxylation is 1. The van der Waals surface area contributed by atoms with E-state index in [-0.39, 0.29) is 17.3 Å². The quantitative estimate of drug-likeness (QED) is 0.767. The van der Waals surface area contributed by atoms with Crippen molar-refractivity contribution in [1.29, 1.82) is 0 Å². The Bertz CT molecular complexity index is 931. The van der Waals surface area contributed by atoms with Gasteiger partial charge in [0.05, 0.1) is 12.4 Å². The highest BCUT2D eigenvalue weighted by Gasteiger charge is 2.12. The maximum Gasteiger partial charge on any atom is 0.319 e. The molecular weight excluding hydrogens is 318 g/mol. The van der Waals surface area contributed by atoms with Crippen LogP contribution in [-0.4, -0.2) is 20.1 Å². The molecule has 3 aromatic rings. The number of carbonyl (C=O) groups is 1. The first-order chi connectivity index (χ1) is 12.0. The molecule has 3 rings (SSSR count). The van der Waals surface area contributed by atoms with E-state index in [2.05, 4.69) is 15.6 Å². The summed E-state index contributed by atoms with van der Waals surface area (Å²) < 4.78 is 3.30. The Morgan fingerprint density at radius 3 is 2.80 bits per heavy atom. The van der Waals surface area contributed by atoms with Crippen molar-refractivity contribution in [3.8, 4) is 5.69 Å². The lowest BCUT2D eigenvalue weighted by Gasteiger charge is -2.16. The Balaban J connectivity index is 1.70. The molecule has 2 heterocycles. The van der Waals surface area contributed by atoms with E-state index < -0.39 is 6.03 Å². The third-order valence-electron chi connectivity index (χ3n) is 3.89. The second-order valence-corrected chi connectivity index (χ2v) is 5.72. The van der Waals surface area contributed by atoms with Gasteiger partial charge in [-0.2, -0.15) is 0 Å². The molecule has 0 unspecified atom stereocenters. The van der Waals surface area contributed by atoms with Gasteiger partial charge in [0.25, 0.3) is 5.56 Å². The van der Waals surface area contributed by atoms with Crippen molar-refractivity contribution in [2.75, 3.05) is 5.32 Å². The number of rotatable bonds is 4. The molecule has 1 atom stereocenters. The van der Waals surface area contributed by atoms with Crippen LogP contribution in [0.25, 0.3) is 5.69 Å². The van der Waals surface area contributed by atoms with Gasteiger partial charge in [0.15, 0.2) is 0 Å². The molecule has 128 valence electrons. The number of imidazole rings is 1. The van der Waals surface area contributed by atoms with E-state index in [9.17, 15) is 9.59 Å². The molecule has 0 aliphatic rings. The van der Waals surface area contributed by atoms with Crippen LogP contribution >= 0.6 is 0 Å². The van der Waals surface area contributed by atoms with E-state index in [4.69, 9.17) is 0 Å². The van der Waals surface area contributed by atoms with Gasteiger partial charge in [0.2, 0.25) is 0 Å². The van der Waals surface area contributed by atoms with Crippen LogP contribution in [0.1, 0.15) is 18.5 Å². The number of pyridine rings is 1. The number of hydrogen-bond acceptors (Lipinski definition) is 3. The third-order valence-corrected chi connectivity index (χ3v) is 3.89. The van der Waals surface area contributed by atoms with Crippen molar-refractivity contribution in [2.45, 2.75) is 13.0 Å². The standard InChI is InChI=1S/C18H19N5O2/c1-13(14-5-3-6-15(11-14)23-10-8-19-12-23)20-18(25)21-16-7-4-9-22(2)17(16)24/h3-13H,1-2H3,(H2,20,21,25)/t13-/m0/s1. The van der Waals surface area contributed by atoms with Gasteiger partial charge in [-0.05, 0) is 36.8 Å². The molecule has 7 heteroatoms. The smallest absolute Gasteiger partial charge is 0.319 e. The number of benzene rings is 1. The van der Waals surface area contributed by atoms with Crippen LogP contribution in [0.15, 0.2) is 66.1 Å². The zero-order valence-electron chi connectivity index (χ0n) is 14.0. The number of urea groups is 1. The molecule has 7 nitrogen and oxygen atoms in total. The van der Waals surface area contributed by atoms with Crippen LogP contribution in [0.3, 0.4) is 0 Å². The predicted octanol–water partition coefficient (Wildman–Crippen LogP) is 2.45. The molecular formula is C18H19N5O2. The van der Waals surface area contributed by atoms with Gasteiger partial charge >= 0.3 is 6.03 Å². The first kappa shape index (κ1) is 16.5. The lowest BCUT2D eigenvalue weighted by Crippen LogP contribution is -2.33. The van der Waals surface area contributed by atoms with Crippen LogP contribution in [0.2, 0.25) is 0 Å². The lowest BCUT2D eigenvalue weighted by molar-refractivity contribution is 0.249. The second-order valence-electron chi connectivity index (χ2n) is 5.72. The van der Waals surface area contributed by atoms with E-state index >= 15 is 0 Å². The molecule has 0 radical (unpaired) electrons. The second kappa shape index (κ2) is 7.04. The van der Waals surface area contributed by atoms with E-state index in [0.717, 1.165) is 11.3 Å². The fourth-order valence-electron chi connectivity index (χ4n) is 2.50.